The van der Waals surface area contributed by atoms with E-state index in [4.69, 9.17) is 4.42 Å². The molecule has 2 heterocycles. The van der Waals surface area contributed by atoms with E-state index >= 15 is 0 Å². The van der Waals surface area contributed by atoms with Crippen molar-refractivity contribution in [2.75, 3.05) is 4.90 Å². The van der Waals surface area contributed by atoms with Gasteiger partial charge in [-0.3, -0.25) is 0 Å². The smallest absolute Gasteiger partial charge is 0.143 e. The van der Waals surface area contributed by atoms with E-state index in [0.717, 1.165) is 61.2 Å². The van der Waals surface area contributed by atoms with E-state index < -0.39 is 0 Å². The molecule has 2 aromatic heterocycles. The molecule has 12 rings (SSSR count). The Balaban J connectivity index is 1.12. The van der Waals surface area contributed by atoms with Crippen LogP contribution in [-0.4, -0.2) is 4.57 Å². The average Bonchev–Trinajstić information content (AvgIpc) is 3.90. The first-order valence-corrected chi connectivity index (χ1v) is 20.1. The Bertz CT molecular complexity index is 3400. The van der Waals surface area contributed by atoms with Crippen molar-refractivity contribution in [3.05, 3.63) is 205 Å². The topological polar surface area (TPSA) is 21.3 Å². The first-order chi connectivity index (χ1) is 28.5. The number of hydrogen-bond donors (Lipinski definition) is 0. The number of anilines is 3. The average molecular weight is 743 g/mol. The van der Waals surface area contributed by atoms with Gasteiger partial charge in [0.2, 0.25) is 0 Å². The normalized spacial score (nSPS) is 13.1. The number of aromatic nitrogens is 1. The van der Waals surface area contributed by atoms with Crippen LogP contribution < -0.4 is 4.90 Å². The lowest BCUT2D eigenvalue weighted by atomic mass is 9.82. The molecule has 3 heteroatoms. The van der Waals surface area contributed by atoms with Gasteiger partial charge in [0, 0.05) is 43.6 Å². The summed E-state index contributed by atoms with van der Waals surface area (Å²) in [5, 5.41) is 7.03. The van der Waals surface area contributed by atoms with Crippen LogP contribution in [0, 0.1) is 0 Å². The van der Waals surface area contributed by atoms with Gasteiger partial charge < -0.3 is 13.9 Å². The third kappa shape index (κ3) is 4.68. The van der Waals surface area contributed by atoms with Gasteiger partial charge in [-0.2, -0.15) is 0 Å². The van der Waals surface area contributed by atoms with Gasteiger partial charge in [-0.1, -0.05) is 147 Å². The summed E-state index contributed by atoms with van der Waals surface area (Å²) in [6.45, 7) is 4.72. The molecule has 0 fully saturated rings. The van der Waals surface area contributed by atoms with Crippen molar-refractivity contribution in [2.24, 2.45) is 0 Å². The van der Waals surface area contributed by atoms with Crippen LogP contribution in [0.25, 0.3) is 82.5 Å². The number of nitrogens with zero attached hydrogens (tertiary/aromatic N) is 2. The van der Waals surface area contributed by atoms with Crippen LogP contribution in [-0.2, 0) is 5.41 Å². The van der Waals surface area contributed by atoms with Gasteiger partial charge >= 0.3 is 0 Å². The van der Waals surface area contributed by atoms with Crippen LogP contribution in [0.15, 0.2) is 199 Å². The van der Waals surface area contributed by atoms with Crippen molar-refractivity contribution >= 4 is 71.6 Å². The van der Waals surface area contributed by atoms with E-state index in [9.17, 15) is 0 Å². The third-order valence-corrected chi connectivity index (χ3v) is 12.6. The maximum Gasteiger partial charge on any atom is 0.143 e. The lowest BCUT2D eigenvalue weighted by Crippen LogP contribution is -2.17. The molecule has 1 aliphatic rings. The van der Waals surface area contributed by atoms with E-state index in [0.29, 0.717) is 0 Å². The van der Waals surface area contributed by atoms with Crippen LogP contribution in [0.2, 0.25) is 0 Å². The number of furan rings is 1. The van der Waals surface area contributed by atoms with Gasteiger partial charge in [0.05, 0.1) is 28.1 Å². The summed E-state index contributed by atoms with van der Waals surface area (Å²) in [5.74, 6) is 0. The highest BCUT2D eigenvalue weighted by Gasteiger charge is 2.36. The molecule has 0 radical (unpaired) electrons. The predicted molar refractivity (Wildman–Crippen MR) is 243 cm³/mol. The van der Waals surface area contributed by atoms with Gasteiger partial charge in [0.15, 0.2) is 0 Å². The Morgan fingerprint density at radius 3 is 1.90 bits per heavy atom. The van der Waals surface area contributed by atoms with Gasteiger partial charge in [-0.25, -0.2) is 0 Å². The fraction of sp³-hybridized carbons (Fsp3) is 0.0545. The molecule has 0 saturated carbocycles. The van der Waals surface area contributed by atoms with E-state index in [1.54, 1.807) is 0 Å². The Morgan fingerprint density at radius 1 is 0.448 bits per heavy atom. The molecule has 0 atom stereocenters. The number of para-hydroxylation sites is 5. The van der Waals surface area contributed by atoms with E-state index in [1.165, 1.54) is 49.4 Å². The minimum atomic E-state index is -0.156. The Morgan fingerprint density at radius 2 is 1.09 bits per heavy atom. The quantitative estimate of drug-likeness (QED) is 0.175. The maximum absolute atomic E-state index is 6.58. The minimum Gasteiger partial charge on any atom is -0.455 e. The number of fused-ring (bicyclic) bond motifs is 11. The zero-order chi connectivity index (χ0) is 38.5. The van der Waals surface area contributed by atoms with Gasteiger partial charge in [0.1, 0.15) is 11.2 Å². The molecule has 0 N–H and O–H groups in total. The SMILES string of the molecule is CC1(C)c2ccccc2-c2ccc(N(c3ccccc3-c3ccc4oc5c6ccccc6ccc5c4c3)c3ccccc3-n3c4ccccc4c4ccccc43)cc21. The van der Waals surface area contributed by atoms with Gasteiger partial charge in [-0.15, -0.1) is 0 Å². The monoisotopic (exact) mass is 742 g/mol. The standard InChI is InChI=1S/C55H38N2O/c1-55(2)46-21-9-5-18-40(46)41-31-29-37(34-47(41)55)56(51-25-13-14-26-52(51)57-49-23-11-7-19-42(49)43-20-8-12-24-50(43)57)48-22-10-6-16-38(48)36-28-32-53-45(33-36)44-30-27-35-15-3-4-17-39(35)54(44)58-53/h3-34H,1-2H3. The molecule has 0 bridgehead atoms. The molecular weight excluding hydrogens is 705 g/mol. The lowest BCUT2D eigenvalue weighted by molar-refractivity contribution is 0.660. The van der Waals surface area contributed by atoms with E-state index in [2.05, 4.69) is 217 Å². The second-order valence-corrected chi connectivity index (χ2v) is 16.1. The summed E-state index contributed by atoms with van der Waals surface area (Å²) in [6, 6.07) is 70.8. The van der Waals surface area contributed by atoms with Crippen molar-refractivity contribution < 1.29 is 4.42 Å². The first kappa shape index (κ1) is 32.8. The third-order valence-electron chi connectivity index (χ3n) is 12.6. The number of rotatable bonds is 5. The molecule has 274 valence electrons. The summed E-state index contributed by atoms with van der Waals surface area (Å²) >= 11 is 0. The van der Waals surface area contributed by atoms with Crippen LogP contribution in [0.1, 0.15) is 25.0 Å². The highest BCUT2D eigenvalue weighted by molar-refractivity contribution is 6.16. The molecular formula is C55H38N2O. The molecule has 9 aromatic carbocycles. The summed E-state index contributed by atoms with van der Waals surface area (Å²) in [4.78, 5) is 2.48. The summed E-state index contributed by atoms with van der Waals surface area (Å²) < 4.78 is 9.02. The highest BCUT2D eigenvalue weighted by Crippen LogP contribution is 2.52. The summed E-state index contributed by atoms with van der Waals surface area (Å²) in [6.07, 6.45) is 0. The molecule has 0 spiro atoms. The van der Waals surface area contributed by atoms with Gasteiger partial charge in [0.25, 0.3) is 0 Å². The Kier molecular flexibility index (Phi) is 6.98. The Labute approximate surface area is 336 Å². The zero-order valence-electron chi connectivity index (χ0n) is 32.3. The predicted octanol–water partition coefficient (Wildman–Crippen LogP) is 15.3. The van der Waals surface area contributed by atoms with Crippen LogP contribution in [0.5, 0.6) is 0 Å². The van der Waals surface area contributed by atoms with Crippen LogP contribution >= 0.6 is 0 Å². The molecule has 1 aliphatic carbocycles. The van der Waals surface area contributed by atoms with Gasteiger partial charge in [-0.05, 0) is 93.9 Å². The summed E-state index contributed by atoms with van der Waals surface area (Å²) in [5.41, 5.74) is 16.0. The van der Waals surface area contributed by atoms with E-state index in [1.807, 2.05) is 0 Å². The van der Waals surface area contributed by atoms with Crippen molar-refractivity contribution in [1.82, 2.24) is 4.57 Å². The molecule has 58 heavy (non-hydrogen) atoms. The number of hydrogen-bond acceptors (Lipinski definition) is 2. The molecule has 0 saturated heterocycles. The second kappa shape index (κ2) is 12.3. The second-order valence-electron chi connectivity index (χ2n) is 16.1. The Hall–Kier alpha value is -7.36. The van der Waals surface area contributed by atoms with E-state index in [-0.39, 0.29) is 5.41 Å². The molecule has 3 nitrogen and oxygen atoms in total. The lowest BCUT2D eigenvalue weighted by Gasteiger charge is -2.31. The maximum atomic E-state index is 6.58. The van der Waals surface area contributed by atoms with Crippen LogP contribution in [0.4, 0.5) is 17.1 Å². The molecule has 0 amide bonds. The van der Waals surface area contributed by atoms with Crippen molar-refractivity contribution in [1.29, 1.82) is 0 Å². The molecule has 0 aliphatic heterocycles. The summed E-state index contributed by atoms with van der Waals surface area (Å²) in [7, 11) is 0. The highest BCUT2D eigenvalue weighted by atomic mass is 16.3. The molecule has 11 aromatic rings. The van der Waals surface area contributed by atoms with Crippen molar-refractivity contribution in [3.63, 3.8) is 0 Å². The zero-order valence-corrected chi connectivity index (χ0v) is 32.3. The molecule has 0 unspecified atom stereocenters. The number of benzene rings is 9. The largest absolute Gasteiger partial charge is 0.455 e. The fourth-order valence-electron chi connectivity index (χ4n) is 9.85. The minimum absolute atomic E-state index is 0.156. The fourth-order valence-corrected chi connectivity index (χ4v) is 9.85. The van der Waals surface area contributed by atoms with Crippen molar-refractivity contribution in [2.45, 2.75) is 19.3 Å². The first-order valence-electron chi connectivity index (χ1n) is 20.1. The van der Waals surface area contributed by atoms with Crippen LogP contribution in [0.3, 0.4) is 0 Å². The van der Waals surface area contributed by atoms with Crippen molar-refractivity contribution in [3.8, 4) is 27.9 Å².